The number of hydrogen-bond donors (Lipinski definition) is 2. The summed E-state index contributed by atoms with van der Waals surface area (Å²) in [4.78, 5) is 12.9. The fourth-order valence-electron chi connectivity index (χ4n) is 9.07. The monoisotopic (exact) mass is 576 g/mol. The topological polar surface area (TPSA) is 66.8 Å². The number of carbonyl (C=O) groups excluding carboxylic acids is 1. The zero-order chi connectivity index (χ0) is 28.9. The molecule has 0 radical (unpaired) electrons. The van der Waals surface area contributed by atoms with Crippen LogP contribution in [-0.2, 0) is 9.53 Å². The molecule has 3 saturated carbocycles. The van der Waals surface area contributed by atoms with Crippen LogP contribution in [0.3, 0.4) is 0 Å². The Morgan fingerprint density at radius 1 is 0.975 bits per heavy atom. The van der Waals surface area contributed by atoms with Gasteiger partial charge in [-0.3, -0.25) is 4.79 Å². The third-order valence-electron chi connectivity index (χ3n) is 11.8. The second kappa shape index (κ2) is 14.8. The van der Waals surface area contributed by atoms with Crippen molar-refractivity contribution in [1.29, 1.82) is 0 Å². The Balaban J connectivity index is 1.25. The molecule has 40 heavy (non-hydrogen) atoms. The molecule has 4 nitrogen and oxygen atoms in total. The van der Waals surface area contributed by atoms with Crippen LogP contribution in [-0.4, -0.2) is 47.0 Å². The number of rotatable bonds is 14. The molecule has 230 valence electrons. The Morgan fingerprint density at radius 2 is 1.70 bits per heavy atom. The fraction of sp³-hybridized carbons (Fsp3) is 0.914. The number of fused-ring (bicyclic) bond motifs is 5. The van der Waals surface area contributed by atoms with Gasteiger partial charge in [-0.1, -0.05) is 65.5 Å². The molecule has 0 aromatic rings. The Bertz CT molecular complexity index is 827. The summed E-state index contributed by atoms with van der Waals surface area (Å²) in [5.41, 5.74) is 1.14. The van der Waals surface area contributed by atoms with E-state index in [1.165, 1.54) is 57.8 Å². The van der Waals surface area contributed by atoms with Crippen molar-refractivity contribution < 1.29 is 19.7 Å². The molecule has 4 rings (SSSR count). The average molecular weight is 577 g/mol. The lowest BCUT2D eigenvalue weighted by Gasteiger charge is -2.50. The van der Waals surface area contributed by atoms with E-state index in [9.17, 15) is 15.0 Å². The van der Waals surface area contributed by atoms with Crippen LogP contribution in [0.2, 0.25) is 0 Å². The second-order valence-corrected chi connectivity index (χ2v) is 15.9. The van der Waals surface area contributed by atoms with Gasteiger partial charge in [0.05, 0.1) is 19.1 Å². The van der Waals surface area contributed by atoms with Gasteiger partial charge < -0.3 is 14.9 Å². The van der Waals surface area contributed by atoms with Crippen LogP contribution in [0.25, 0.3) is 0 Å². The lowest BCUT2D eigenvalue weighted by Crippen LogP contribution is -2.42. The van der Waals surface area contributed by atoms with Gasteiger partial charge in [-0.25, -0.2) is 0 Å². The molecule has 0 aromatic heterocycles. The summed E-state index contributed by atoms with van der Waals surface area (Å²) < 4.78 is 6.06. The number of ether oxygens (including phenoxy) is 1. The average Bonchev–Trinajstić information content (AvgIpc) is 3.39. The molecule has 0 bridgehead atoms. The van der Waals surface area contributed by atoms with Gasteiger partial charge in [0.2, 0.25) is 0 Å². The van der Waals surface area contributed by atoms with E-state index in [4.69, 9.17) is 4.74 Å². The van der Waals surface area contributed by atoms with Crippen LogP contribution in [0.5, 0.6) is 0 Å². The molecule has 9 atom stereocenters. The molecule has 3 fully saturated rings. The van der Waals surface area contributed by atoms with Gasteiger partial charge in [0, 0.05) is 23.3 Å². The fourth-order valence-corrected chi connectivity index (χ4v) is 10.5. The summed E-state index contributed by atoms with van der Waals surface area (Å²) in [6, 6.07) is 0. The first-order chi connectivity index (χ1) is 19.2. The van der Waals surface area contributed by atoms with Crippen molar-refractivity contribution in [2.75, 3.05) is 24.7 Å². The minimum absolute atomic E-state index is 0.0222. The van der Waals surface area contributed by atoms with Crippen LogP contribution in [0.4, 0.5) is 0 Å². The molecule has 0 aromatic carbocycles. The van der Waals surface area contributed by atoms with E-state index >= 15 is 0 Å². The van der Waals surface area contributed by atoms with Crippen LogP contribution in [0.1, 0.15) is 112 Å². The lowest BCUT2D eigenvalue weighted by molar-refractivity contribution is -0.154. The van der Waals surface area contributed by atoms with Crippen LogP contribution >= 0.6 is 11.8 Å². The third kappa shape index (κ3) is 7.51. The molecule has 0 spiro atoms. The zero-order valence-corrected chi connectivity index (χ0v) is 27.1. The normalized spacial score (nSPS) is 33.5. The molecule has 9 unspecified atom stereocenters. The summed E-state index contributed by atoms with van der Waals surface area (Å²) in [7, 11) is 0. The van der Waals surface area contributed by atoms with Gasteiger partial charge in [0.1, 0.15) is 6.10 Å². The Labute approximate surface area is 249 Å². The molecule has 2 N–H and O–H groups in total. The van der Waals surface area contributed by atoms with E-state index in [1.54, 1.807) is 17.3 Å². The molecule has 0 aliphatic heterocycles. The quantitative estimate of drug-likeness (QED) is 0.162. The number of aliphatic hydroxyl groups excluding tert-OH is 2. The largest absolute Gasteiger partial charge is 0.462 e. The van der Waals surface area contributed by atoms with E-state index < -0.39 is 5.41 Å². The minimum atomic E-state index is -0.456. The second-order valence-electron chi connectivity index (χ2n) is 14.8. The number of aliphatic hydroxyl groups is 2. The van der Waals surface area contributed by atoms with Crippen LogP contribution < -0.4 is 0 Å². The van der Waals surface area contributed by atoms with E-state index in [0.29, 0.717) is 11.5 Å². The highest BCUT2D eigenvalue weighted by molar-refractivity contribution is 7.99. The number of carbonyl (C=O) groups is 1. The molecule has 4 aliphatic rings. The van der Waals surface area contributed by atoms with Gasteiger partial charge in [0.15, 0.2) is 0 Å². The standard InChI is InChI=1S/C35H60O4S/c1-6-35(20-36,21-37)22-40-19-25(5)34(38)39-27-11-13-29-26(18-27)10-12-32-31(29)17-16-30-28(14-15-33(30)32)24(4)9-7-8-23(2)3/h10,23-25,27-33,36-37H,6-9,11-22H2,1-5H3. The summed E-state index contributed by atoms with van der Waals surface area (Å²) in [6.07, 6.45) is 17.8. The molecule has 0 saturated heterocycles. The Hall–Kier alpha value is -0.520. The maximum Gasteiger partial charge on any atom is 0.309 e. The van der Waals surface area contributed by atoms with Gasteiger partial charge in [0.25, 0.3) is 0 Å². The van der Waals surface area contributed by atoms with Gasteiger partial charge in [-0.15, -0.1) is 0 Å². The summed E-state index contributed by atoms with van der Waals surface area (Å²) in [5.74, 6) is 8.17. The highest BCUT2D eigenvalue weighted by Crippen LogP contribution is 2.59. The number of allylic oxidation sites excluding steroid dienone is 1. The number of thioether (sulfide) groups is 1. The van der Waals surface area contributed by atoms with Gasteiger partial charge in [-0.2, -0.15) is 11.8 Å². The Kier molecular flexibility index (Phi) is 12.0. The molecule has 5 heteroatoms. The number of esters is 1. The van der Waals surface area contributed by atoms with Crippen molar-refractivity contribution in [3.63, 3.8) is 0 Å². The summed E-state index contributed by atoms with van der Waals surface area (Å²) >= 11 is 1.64. The highest BCUT2D eigenvalue weighted by atomic mass is 32.2. The van der Waals surface area contributed by atoms with Gasteiger partial charge >= 0.3 is 5.97 Å². The van der Waals surface area contributed by atoms with Crippen molar-refractivity contribution in [3.05, 3.63) is 11.6 Å². The van der Waals surface area contributed by atoms with Crippen molar-refractivity contribution >= 4 is 17.7 Å². The summed E-state index contributed by atoms with van der Waals surface area (Å²) in [5, 5.41) is 19.4. The highest BCUT2D eigenvalue weighted by Gasteiger charge is 2.50. The number of hydrogen-bond acceptors (Lipinski definition) is 5. The van der Waals surface area contributed by atoms with Crippen LogP contribution in [0.15, 0.2) is 11.6 Å². The molecular weight excluding hydrogens is 516 g/mol. The maximum absolute atomic E-state index is 12.9. The predicted molar refractivity (Wildman–Crippen MR) is 167 cm³/mol. The summed E-state index contributed by atoms with van der Waals surface area (Å²) in [6.45, 7) is 11.2. The van der Waals surface area contributed by atoms with Crippen LogP contribution in [0, 0.1) is 58.7 Å². The molecule has 0 amide bonds. The van der Waals surface area contributed by atoms with Crippen molar-refractivity contribution in [2.45, 2.75) is 118 Å². The Morgan fingerprint density at radius 3 is 2.40 bits per heavy atom. The lowest BCUT2D eigenvalue weighted by atomic mass is 9.56. The van der Waals surface area contributed by atoms with Crippen molar-refractivity contribution in [2.24, 2.45) is 58.7 Å². The first-order valence-corrected chi connectivity index (χ1v) is 18.1. The van der Waals surface area contributed by atoms with E-state index in [1.807, 2.05) is 13.8 Å². The first-order valence-electron chi connectivity index (χ1n) is 16.9. The van der Waals surface area contributed by atoms with E-state index in [0.717, 1.165) is 66.6 Å². The van der Waals surface area contributed by atoms with E-state index in [2.05, 4.69) is 26.8 Å². The van der Waals surface area contributed by atoms with Crippen molar-refractivity contribution in [3.8, 4) is 0 Å². The van der Waals surface area contributed by atoms with Gasteiger partial charge in [-0.05, 0) is 98.7 Å². The maximum atomic E-state index is 12.9. The zero-order valence-electron chi connectivity index (χ0n) is 26.3. The van der Waals surface area contributed by atoms with Crippen molar-refractivity contribution in [1.82, 2.24) is 0 Å². The molecular formula is C35H60O4S. The predicted octanol–water partition coefficient (Wildman–Crippen LogP) is 7.91. The minimum Gasteiger partial charge on any atom is -0.462 e. The third-order valence-corrected chi connectivity index (χ3v) is 13.4. The molecule has 4 aliphatic carbocycles. The molecule has 0 heterocycles. The smallest absolute Gasteiger partial charge is 0.309 e. The SMILES string of the molecule is CCC(CO)(CO)CSCC(C)C(=O)OC1CCC2C(=CCC3C2CCC2C(C(C)CCCC(C)C)CCC23)C1. The first kappa shape index (κ1) is 32.4. The van der Waals surface area contributed by atoms with E-state index in [-0.39, 0.29) is 31.2 Å².